The molecule has 1 aliphatic rings. The topological polar surface area (TPSA) is 37.6 Å². The molecule has 21 heavy (non-hydrogen) atoms. The lowest BCUT2D eigenvalue weighted by molar-refractivity contribution is 0.110. The van der Waals surface area contributed by atoms with Crippen molar-refractivity contribution in [3.8, 4) is 0 Å². The molecule has 0 aliphatic carbocycles. The molecule has 0 bridgehead atoms. The van der Waals surface area contributed by atoms with Gasteiger partial charge in [0.25, 0.3) is 0 Å². The molecule has 1 fully saturated rings. The molecule has 112 valence electrons. The van der Waals surface area contributed by atoms with E-state index >= 15 is 0 Å². The van der Waals surface area contributed by atoms with Crippen LogP contribution in [0, 0.1) is 0 Å². The quantitative estimate of drug-likeness (QED) is 0.811. The number of hydrogen-bond donors (Lipinski definition) is 0. The van der Waals surface area contributed by atoms with Gasteiger partial charge >= 0.3 is 0 Å². The molecule has 3 rings (SSSR count). The molecular weight excluding hydrogens is 262 g/mol. The van der Waals surface area contributed by atoms with E-state index in [0.717, 1.165) is 24.0 Å². The molecule has 0 spiro atoms. The number of likely N-dealkylation sites (tertiary alicyclic amines) is 1. The van der Waals surface area contributed by atoms with Crippen molar-refractivity contribution in [3.05, 3.63) is 35.9 Å². The molecule has 0 N–H and O–H groups in total. The Hall–Kier alpha value is -1.68. The van der Waals surface area contributed by atoms with Crippen LogP contribution in [0.25, 0.3) is 5.52 Å². The summed E-state index contributed by atoms with van der Waals surface area (Å²) in [6, 6.07) is 4.90. The maximum Gasteiger partial charge on any atom is 0.152 e. The van der Waals surface area contributed by atoms with Crippen LogP contribution in [0.4, 0.5) is 0 Å². The first-order valence-electron chi connectivity index (χ1n) is 7.86. The van der Waals surface area contributed by atoms with E-state index in [-0.39, 0.29) is 0 Å². The summed E-state index contributed by atoms with van der Waals surface area (Å²) in [5, 5.41) is 0. The van der Waals surface area contributed by atoms with Gasteiger partial charge in [0.15, 0.2) is 6.29 Å². The van der Waals surface area contributed by atoms with Gasteiger partial charge in [-0.15, -0.1) is 0 Å². The van der Waals surface area contributed by atoms with Crippen molar-refractivity contribution < 1.29 is 4.79 Å². The second kappa shape index (κ2) is 5.98. The average molecular weight is 285 g/mol. The first kappa shape index (κ1) is 14.3. The van der Waals surface area contributed by atoms with Crippen LogP contribution in [0.1, 0.15) is 49.3 Å². The molecule has 2 aromatic heterocycles. The lowest BCUT2D eigenvalue weighted by Gasteiger charge is -2.38. The highest BCUT2D eigenvalue weighted by Gasteiger charge is 2.25. The summed E-state index contributed by atoms with van der Waals surface area (Å²) in [6.07, 6.45) is 9.52. The van der Waals surface area contributed by atoms with Crippen LogP contribution >= 0.6 is 0 Å². The Labute approximate surface area is 125 Å². The summed E-state index contributed by atoms with van der Waals surface area (Å²) in [5.41, 5.74) is 1.62. The minimum absolute atomic E-state index is 0.559. The van der Waals surface area contributed by atoms with Gasteiger partial charge < -0.3 is 4.40 Å². The van der Waals surface area contributed by atoms with Gasteiger partial charge in [0.1, 0.15) is 5.82 Å². The SMILES string of the molecule is CC(C)N1CCCCC1Cc1ncc2c(C=O)cccn12. The fraction of sp³-hybridized carbons (Fsp3) is 0.529. The molecule has 0 saturated carbocycles. The highest BCUT2D eigenvalue weighted by Crippen LogP contribution is 2.23. The molecule has 0 amide bonds. The molecule has 0 radical (unpaired) electrons. The van der Waals surface area contributed by atoms with E-state index in [1.165, 1.54) is 25.8 Å². The van der Waals surface area contributed by atoms with E-state index in [4.69, 9.17) is 0 Å². The Morgan fingerprint density at radius 1 is 1.43 bits per heavy atom. The van der Waals surface area contributed by atoms with Crippen molar-refractivity contribution in [1.29, 1.82) is 0 Å². The van der Waals surface area contributed by atoms with Gasteiger partial charge in [-0.1, -0.05) is 6.42 Å². The summed E-state index contributed by atoms with van der Waals surface area (Å²) in [6.45, 7) is 5.73. The van der Waals surface area contributed by atoms with E-state index in [2.05, 4.69) is 28.1 Å². The zero-order chi connectivity index (χ0) is 14.8. The average Bonchev–Trinajstić information content (AvgIpc) is 2.91. The fourth-order valence-corrected chi connectivity index (χ4v) is 3.48. The minimum atomic E-state index is 0.559. The third kappa shape index (κ3) is 2.72. The molecule has 0 aromatic carbocycles. The normalized spacial score (nSPS) is 20.2. The molecule has 1 unspecified atom stereocenters. The van der Waals surface area contributed by atoms with E-state index in [1.54, 1.807) is 0 Å². The zero-order valence-electron chi connectivity index (χ0n) is 12.8. The number of carbonyl (C=O) groups is 1. The Morgan fingerprint density at radius 3 is 3.05 bits per heavy atom. The molecular formula is C17H23N3O. The summed E-state index contributed by atoms with van der Waals surface area (Å²) in [7, 11) is 0. The summed E-state index contributed by atoms with van der Waals surface area (Å²) < 4.78 is 2.07. The van der Waals surface area contributed by atoms with Crippen molar-refractivity contribution in [2.45, 2.75) is 51.6 Å². The van der Waals surface area contributed by atoms with Crippen LogP contribution in [-0.2, 0) is 6.42 Å². The number of aromatic nitrogens is 2. The van der Waals surface area contributed by atoms with Crippen LogP contribution in [0.3, 0.4) is 0 Å². The minimum Gasteiger partial charge on any atom is -0.303 e. The Morgan fingerprint density at radius 2 is 2.29 bits per heavy atom. The number of piperidine rings is 1. The number of carbonyl (C=O) groups excluding carboxylic acids is 1. The highest BCUT2D eigenvalue weighted by molar-refractivity contribution is 5.85. The van der Waals surface area contributed by atoms with Gasteiger partial charge in [0.2, 0.25) is 0 Å². The summed E-state index contributed by atoms with van der Waals surface area (Å²) >= 11 is 0. The number of hydrogen-bond acceptors (Lipinski definition) is 3. The van der Waals surface area contributed by atoms with E-state index < -0.39 is 0 Å². The molecule has 4 nitrogen and oxygen atoms in total. The van der Waals surface area contributed by atoms with Crippen LogP contribution < -0.4 is 0 Å². The van der Waals surface area contributed by atoms with Gasteiger partial charge in [-0.2, -0.15) is 0 Å². The van der Waals surface area contributed by atoms with Gasteiger partial charge in [0.05, 0.1) is 11.7 Å². The van der Waals surface area contributed by atoms with E-state index in [9.17, 15) is 4.79 Å². The lowest BCUT2D eigenvalue weighted by Crippen LogP contribution is -2.45. The molecule has 2 aromatic rings. The molecule has 3 heterocycles. The first-order chi connectivity index (χ1) is 10.2. The van der Waals surface area contributed by atoms with Crippen molar-refractivity contribution in [1.82, 2.24) is 14.3 Å². The lowest BCUT2D eigenvalue weighted by atomic mass is 9.97. The number of aldehydes is 1. The van der Waals surface area contributed by atoms with Crippen molar-refractivity contribution in [3.63, 3.8) is 0 Å². The largest absolute Gasteiger partial charge is 0.303 e. The predicted octanol–water partition coefficient (Wildman–Crippen LogP) is 2.95. The number of pyridine rings is 1. The standard InChI is InChI=1S/C17H23N3O/c1-13(2)19-8-4-3-7-15(19)10-17-18-11-16-14(12-21)6-5-9-20(16)17/h5-6,9,11-13,15H,3-4,7-8,10H2,1-2H3. The number of nitrogens with zero attached hydrogens (tertiary/aromatic N) is 3. The summed E-state index contributed by atoms with van der Waals surface area (Å²) in [4.78, 5) is 18.3. The Kier molecular flexibility index (Phi) is 4.06. The van der Waals surface area contributed by atoms with Crippen molar-refractivity contribution in [2.24, 2.45) is 0 Å². The van der Waals surface area contributed by atoms with Gasteiger partial charge in [-0.05, 0) is 45.4 Å². The smallest absolute Gasteiger partial charge is 0.152 e. The molecule has 1 aliphatic heterocycles. The van der Waals surface area contributed by atoms with E-state index in [0.29, 0.717) is 17.6 Å². The predicted molar refractivity (Wildman–Crippen MR) is 83.8 cm³/mol. The fourth-order valence-electron chi connectivity index (χ4n) is 3.48. The van der Waals surface area contributed by atoms with E-state index in [1.807, 2.05) is 24.5 Å². The monoisotopic (exact) mass is 285 g/mol. The highest BCUT2D eigenvalue weighted by atomic mass is 16.1. The maximum absolute atomic E-state index is 11.1. The third-order valence-electron chi connectivity index (χ3n) is 4.56. The number of imidazole rings is 1. The van der Waals surface area contributed by atoms with Crippen molar-refractivity contribution in [2.75, 3.05) is 6.54 Å². The van der Waals surface area contributed by atoms with Crippen LogP contribution in [0.15, 0.2) is 24.5 Å². The summed E-state index contributed by atoms with van der Waals surface area (Å²) in [5.74, 6) is 1.06. The maximum atomic E-state index is 11.1. The van der Waals surface area contributed by atoms with Crippen molar-refractivity contribution >= 4 is 11.8 Å². The van der Waals surface area contributed by atoms with Crippen LogP contribution in [0.2, 0.25) is 0 Å². The molecule has 1 atom stereocenters. The third-order valence-corrected chi connectivity index (χ3v) is 4.56. The van der Waals surface area contributed by atoms with Crippen LogP contribution in [-0.4, -0.2) is 39.2 Å². The first-order valence-corrected chi connectivity index (χ1v) is 7.86. The molecule has 1 saturated heterocycles. The Balaban J connectivity index is 1.89. The van der Waals surface area contributed by atoms with Gasteiger partial charge in [0, 0.05) is 30.3 Å². The number of fused-ring (bicyclic) bond motifs is 1. The Bertz CT molecular complexity index is 632. The zero-order valence-corrected chi connectivity index (χ0v) is 12.8. The number of rotatable bonds is 4. The second-order valence-electron chi connectivity index (χ2n) is 6.20. The van der Waals surface area contributed by atoms with Gasteiger partial charge in [-0.3, -0.25) is 9.69 Å². The molecule has 4 heteroatoms. The second-order valence-corrected chi connectivity index (χ2v) is 6.20. The van der Waals surface area contributed by atoms with Crippen LogP contribution in [0.5, 0.6) is 0 Å². The van der Waals surface area contributed by atoms with Gasteiger partial charge in [-0.25, -0.2) is 4.98 Å².